The third-order valence-electron chi connectivity index (χ3n) is 2.70. The molecule has 0 aromatic carbocycles. The second-order valence-electron chi connectivity index (χ2n) is 4.67. The molecule has 0 rings (SSSR count). The lowest BCUT2D eigenvalue weighted by Gasteiger charge is -2.19. The van der Waals surface area contributed by atoms with Gasteiger partial charge in [-0.2, -0.15) is 13.2 Å². The van der Waals surface area contributed by atoms with E-state index in [1.54, 1.807) is 11.9 Å². The molecule has 5 heteroatoms. The standard InChI is InChI=1S/C12H25F3N2/c1-4-8-16-11(2)6-5-9-17(3)10-7-12(13,14)15/h11,16H,4-10H2,1-3H3. The van der Waals surface area contributed by atoms with E-state index in [1.807, 2.05) is 0 Å². The summed E-state index contributed by atoms with van der Waals surface area (Å²) < 4.78 is 35.9. The van der Waals surface area contributed by atoms with Crippen LogP contribution in [0.5, 0.6) is 0 Å². The van der Waals surface area contributed by atoms with Gasteiger partial charge in [0.05, 0.1) is 6.42 Å². The average Bonchev–Trinajstić information content (AvgIpc) is 2.22. The van der Waals surface area contributed by atoms with Crippen LogP contribution in [0.3, 0.4) is 0 Å². The highest BCUT2D eigenvalue weighted by molar-refractivity contribution is 4.63. The van der Waals surface area contributed by atoms with Crippen molar-refractivity contribution in [3.8, 4) is 0 Å². The first-order valence-corrected chi connectivity index (χ1v) is 6.34. The van der Waals surface area contributed by atoms with Crippen LogP contribution in [-0.2, 0) is 0 Å². The molecule has 0 aromatic heterocycles. The van der Waals surface area contributed by atoms with E-state index < -0.39 is 12.6 Å². The third-order valence-corrected chi connectivity index (χ3v) is 2.70. The van der Waals surface area contributed by atoms with Crippen molar-refractivity contribution in [2.45, 2.75) is 51.7 Å². The molecule has 1 N–H and O–H groups in total. The zero-order valence-corrected chi connectivity index (χ0v) is 11.1. The summed E-state index contributed by atoms with van der Waals surface area (Å²) in [4.78, 5) is 1.75. The first kappa shape index (κ1) is 16.7. The van der Waals surface area contributed by atoms with Crippen LogP contribution < -0.4 is 5.32 Å². The zero-order valence-electron chi connectivity index (χ0n) is 11.1. The SMILES string of the molecule is CCCNC(C)CCCN(C)CCC(F)(F)F. The maximum Gasteiger partial charge on any atom is 0.390 e. The quantitative estimate of drug-likeness (QED) is 0.680. The zero-order chi connectivity index (χ0) is 13.3. The number of hydrogen-bond acceptors (Lipinski definition) is 2. The topological polar surface area (TPSA) is 15.3 Å². The highest BCUT2D eigenvalue weighted by Crippen LogP contribution is 2.19. The van der Waals surface area contributed by atoms with E-state index in [0.29, 0.717) is 6.04 Å². The van der Waals surface area contributed by atoms with E-state index in [9.17, 15) is 13.2 Å². The van der Waals surface area contributed by atoms with Crippen molar-refractivity contribution in [2.75, 3.05) is 26.7 Å². The smallest absolute Gasteiger partial charge is 0.314 e. The summed E-state index contributed by atoms with van der Waals surface area (Å²) in [5, 5.41) is 3.36. The maximum absolute atomic E-state index is 12.0. The lowest BCUT2D eigenvalue weighted by Crippen LogP contribution is -2.29. The van der Waals surface area contributed by atoms with Crippen LogP contribution in [0, 0.1) is 0 Å². The minimum absolute atomic E-state index is 0.0975. The fraction of sp³-hybridized carbons (Fsp3) is 1.00. The minimum atomic E-state index is -4.04. The summed E-state index contributed by atoms with van der Waals surface area (Å²) in [6.07, 6.45) is -1.70. The Morgan fingerprint density at radius 3 is 2.41 bits per heavy atom. The van der Waals surface area contributed by atoms with Gasteiger partial charge in [-0.1, -0.05) is 6.92 Å². The Kier molecular flexibility index (Phi) is 8.60. The van der Waals surface area contributed by atoms with Crippen LogP contribution in [0.4, 0.5) is 13.2 Å². The average molecular weight is 254 g/mol. The molecule has 0 bridgehead atoms. The van der Waals surface area contributed by atoms with Gasteiger partial charge in [0, 0.05) is 12.6 Å². The largest absolute Gasteiger partial charge is 0.390 e. The van der Waals surface area contributed by atoms with Crippen LogP contribution in [-0.4, -0.2) is 43.8 Å². The minimum Gasteiger partial charge on any atom is -0.314 e. The van der Waals surface area contributed by atoms with Gasteiger partial charge in [-0.05, 0) is 46.3 Å². The van der Waals surface area contributed by atoms with Crippen molar-refractivity contribution in [3.63, 3.8) is 0 Å². The van der Waals surface area contributed by atoms with E-state index in [0.717, 1.165) is 32.4 Å². The lowest BCUT2D eigenvalue weighted by molar-refractivity contribution is -0.137. The maximum atomic E-state index is 12.0. The number of nitrogens with zero attached hydrogens (tertiary/aromatic N) is 1. The Morgan fingerprint density at radius 1 is 1.24 bits per heavy atom. The summed E-state index contributed by atoms with van der Waals surface area (Å²) in [7, 11) is 1.75. The Balaban J connectivity index is 3.47. The van der Waals surface area contributed by atoms with Gasteiger partial charge >= 0.3 is 6.18 Å². The van der Waals surface area contributed by atoms with Crippen molar-refractivity contribution >= 4 is 0 Å². The van der Waals surface area contributed by atoms with Gasteiger partial charge in [0.2, 0.25) is 0 Å². The summed E-state index contributed by atoms with van der Waals surface area (Å²) in [5.41, 5.74) is 0. The highest BCUT2D eigenvalue weighted by atomic mass is 19.4. The van der Waals surface area contributed by atoms with Gasteiger partial charge in [0.15, 0.2) is 0 Å². The number of hydrogen-bond donors (Lipinski definition) is 1. The van der Waals surface area contributed by atoms with Crippen LogP contribution in [0.15, 0.2) is 0 Å². The van der Waals surface area contributed by atoms with Crippen molar-refractivity contribution < 1.29 is 13.2 Å². The summed E-state index contributed by atoms with van der Waals surface area (Å²) in [5.74, 6) is 0. The fourth-order valence-electron chi connectivity index (χ4n) is 1.59. The van der Waals surface area contributed by atoms with Gasteiger partial charge < -0.3 is 10.2 Å². The molecular weight excluding hydrogens is 229 g/mol. The Labute approximate surface area is 103 Å². The second kappa shape index (κ2) is 8.75. The van der Waals surface area contributed by atoms with Crippen LogP contribution in [0.2, 0.25) is 0 Å². The van der Waals surface area contributed by atoms with Crippen molar-refractivity contribution in [1.82, 2.24) is 10.2 Å². The molecule has 1 unspecified atom stereocenters. The molecule has 0 amide bonds. The summed E-state index contributed by atoms with van der Waals surface area (Å²) >= 11 is 0. The molecule has 0 heterocycles. The number of rotatable bonds is 9. The molecule has 1 atom stereocenters. The highest BCUT2D eigenvalue weighted by Gasteiger charge is 2.26. The van der Waals surface area contributed by atoms with Gasteiger partial charge in [0.1, 0.15) is 0 Å². The fourth-order valence-corrected chi connectivity index (χ4v) is 1.59. The van der Waals surface area contributed by atoms with E-state index in [-0.39, 0.29) is 6.54 Å². The second-order valence-corrected chi connectivity index (χ2v) is 4.67. The first-order valence-electron chi connectivity index (χ1n) is 6.34. The Bertz CT molecular complexity index is 183. The molecule has 2 nitrogen and oxygen atoms in total. The Morgan fingerprint density at radius 2 is 1.88 bits per heavy atom. The van der Waals surface area contributed by atoms with Crippen LogP contribution in [0.1, 0.15) is 39.5 Å². The molecule has 104 valence electrons. The monoisotopic (exact) mass is 254 g/mol. The van der Waals surface area contributed by atoms with E-state index >= 15 is 0 Å². The van der Waals surface area contributed by atoms with E-state index in [4.69, 9.17) is 0 Å². The summed E-state index contributed by atoms with van der Waals surface area (Å²) in [6.45, 7) is 6.07. The summed E-state index contributed by atoms with van der Waals surface area (Å²) in [6, 6.07) is 0.450. The molecule has 0 radical (unpaired) electrons. The molecule has 0 saturated carbocycles. The normalized spacial score (nSPS) is 14.3. The Hall–Kier alpha value is -0.290. The van der Waals surface area contributed by atoms with Crippen molar-refractivity contribution in [3.05, 3.63) is 0 Å². The van der Waals surface area contributed by atoms with Crippen LogP contribution in [0.25, 0.3) is 0 Å². The van der Waals surface area contributed by atoms with Gasteiger partial charge in [0.25, 0.3) is 0 Å². The van der Waals surface area contributed by atoms with Crippen LogP contribution >= 0.6 is 0 Å². The number of nitrogens with one attached hydrogen (secondary N) is 1. The number of alkyl halides is 3. The van der Waals surface area contributed by atoms with Gasteiger partial charge in [-0.15, -0.1) is 0 Å². The van der Waals surface area contributed by atoms with E-state index in [2.05, 4.69) is 19.2 Å². The van der Waals surface area contributed by atoms with Crippen molar-refractivity contribution in [2.24, 2.45) is 0 Å². The predicted molar refractivity (Wildman–Crippen MR) is 65.2 cm³/mol. The molecule has 0 aliphatic rings. The molecule has 0 fully saturated rings. The lowest BCUT2D eigenvalue weighted by atomic mass is 10.1. The molecule has 0 aliphatic carbocycles. The third kappa shape index (κ3) is 12.0. The molecule has 17 heavy (non-hydrogen) atoms. The molecule has 0 aliphatic heterocycles. The first-order chi connectivity index (χ1) is 7.85. The number of halogens is 3. The van der Waals surface area contributed by atoms with Crippen molar-refractivity contribution in [1.29, 1.82) is 0 Å². The molecule has 0 saturated heterocycles. The molecule has 0 spiro atoms. The van der Waals surface area contributed by atoms with Gasteiger partial charge in [-0.25, -0.2) is 0 Å². The predicted octanol–water partition coefficient (Wildman–Crippen LogP) is 3.04. The molecule has 0 aromatic rings. The van der Waals surface area contributed by atoms with E-state index in [1.165, 1.54) is 0 Å². The van der Waals surface area contributed by atoms with Gasteiger partial charge in [-0.3, -0.25) is 0 Å². The molecular formula is C12H25F3N2.